The van der Waals surface area contributed by atoms with Crippen molar-refractivity contribution in [3.05, 3.63) is 87.4 Å². The fraction of sp³-hybridized carbons (Fsp3) is 0.240. The van der Waals surface area contributed by atoms with E-state index in [1.807, 2.05) is 49.4 Å². The molecule has 7 heteroatoms. The molecule has 0 bridgehead atoms. The number of carbonyl (C=O) groups excluding carboxylic acids is 1. The minimum Gasteiger partial charge on any atom is -0.490 e. The first kappa shape index (κ1) is 23.8. The molecule has 168 valence electrons. The Morgan fingerprint density at radius 3 is 2.34 bits per heavy atom. The number of rotatable bonds is 10. The van der Waals surface area contributed by atoms with Crippen molar-refractivity contribution in [3.63, 3.8) is 0 Å². The predicted octanol–water partition coefficient (Wildman–Crippen LogP) is 6.76. The third-order valence-corrected chi connectivity index (χ3v) is 5.16. The highest BCUT2D eigenvalue weighted by Gasteiger charge is 2.12. The molecule has 3 rings (SSSR count). The minimum absolute atomic E-state index is 0.336. The molecule has 0 aromatic heterocycles. The summed E-state index contributed by atoms with van der Waals surface area (Å²) in [6.07, 6.45) is 0. The van der Waals surface area contributed by atoms with Crippen molar-refractivity contribution in [2.45, 2.75) is 27.0 Å². The normalized spacial score (nSPS) is 10.5. The molecule has 1 N–H and O–H groups in total. The predicted molar refractivity (Wildman–Crippen MR) is 128 cm³/mol. The lowest BCUT2D eigenvalue weighted by Gasteiger charge is -2.16. The molecule has 5 nitrogen and oxygen atoms in total. The standard InChI is InChI=1S/C25H25Cl2NO4/c1-3-30-23-13-19(15-28-21-10-8-18(9-11-21)25(29)31-4-2)22(27)14-24(23)32-16-17-6-5-7-20(26)12-17/h5-14,28H,3-4,15-16H2,1-2H3. The van der Waals surface area contributed by atoms with Gasteiger partial charge in [0.15, 0.2) is 11.5 Å². The molecule has 0 saturated heterocycles. The third kappa shape index (κ3) is 6.55. The van der Waals surface area contributed by atoms with Gasteiger partial charge in [0.1, 0.15) is 6.61 Å². The van der Waals surface area contributed by atoms with Gasteiger partial charge in [0.05, 0.1) is 18.8 Å². The van der Waals surface area contributed by atoms with Crippen LogP contribution in [-0.2, 0) is 17.9 Å². The van der Waals surface area contributed by atoms with E-state index >= 15 is 0 Å². The van der Waals surface area contributed by atoms with Crippen molar-refractivity contribution in [2.24, 2.45) is 0 Å². The topological polar surface area (TPSA) is 56.8 Å². The second kappa shape index (κ2) is 11.7. The van der Waals surface area contributed by atoms with Crippen molar-refractivity contribution in [1.29, 1.82) is 0 Å². The van der Waals surface area contributed by atoms with Crippen LogP contribution in [0.1, 0.15) is 35.3 Å². The van der Waals surface area contributed by atoms with Gasteiger partial charge in [-0.3, -0.25) is 0 Å². The van der Waals surface area contributed by atoms with E-state index < -0.39 is 0 Å². The SMILES string of the molecule is CCOC(=O)c1ccc(NCc2cc(OCC)c(OCc3cccc(Cl)c3)cc2Cl)cc1. The summed E-state index contributed by atoms with van der Waals surface area (Å²) in [6, 6.07) is 18.2. The number of halogens is 2. The van der Waals surface area contributed by atoms with E-state index in [9.17, 15) is 4.79 Å². The smallest absolute Gasteiger partial charge is 0.338 e. The zero-order valence-electron chi connectivity index (χ0n) is 18.0. The first-order chi connectivity index (χ1) is 15.5. The number of hydrogen-bond donors (Lipinski definition) is 1. The van der Waals surface area contributed by atoms with Gasteiger partial charge in [-0.05, 0) is 67.4 Å². The maximum atomic E-state index is 11.8. The molecule has 0 saturated carbocycles. The van der Waals surface area contributed by atoms with Crippen molar-refractivity contribution in [2.75, 3.05) is 18.5 Å². The number of hydrogen-bond acceptors (Lipinski definition) is 5. The van der Waals surface area contributed by atoms with Gasteiger partial charge in [0.2, 0.25) is 0 Å². The number of nitrogens with one attached hydrogen (secondary N) is 1. The lowest BCUT2D eigenvalue weighted by molar-refractivity contribution is 0.0526. The fourth-order valence-electron chi connectivity index (χ4n) is 3.02. The Labute approximate surface area is 198 Å². The Hall–Kier alpha value is -2.89. The molecule has 0 radical (unpaired) electrons. The summed E-state index contributed by atoms with van der Waals surface area (Å²) in [4.78, 5) is 11.8. The van der Waals surface area contributed by atoms with Gasteiger partial charge in [-0.15, -0.1) is 0 Å². The van der Waals surface area contributed by atoms with Crippen LogP contribution in [0.2, 0.25) is 10.0 Å². The zero-order chi connectivity index (χ0) is 22.9. The van der Waals surface area contributed by atoms with Crippen molar-refractivity contribution in [3.8, 4) is 11.5 Å². The molecule has 0 atom stereocenters. The average molecular weight is 474 g/mol. The molecular formula is C25H25Cl2NO4. The van der Waals surface area contributed by atoms with Crippen LogP contribution >= 0.6 is 23.2 Å². The van der Waals surface area contributed by atoms with Gasteiger partial charge < -0.3 is 19.5 Å². The molecule has 32 heavy (non-hydrogen) atoms. The molecule has 0 fully saturated rings. The summed E-state index contributed by atoms with van der Waals surface area (Å²) in [5.74, 6) is 0.851. The van der Waals surface area contributed by atoms with Gasteiger partial charge in [-0.25, -0.2) is 4.79 Å². The Morgan fingerprint density at radius 2 is 1.66 bits per heavy atom. The molecule has 0 aliphatic rings. The fourth-order valence-corrected chi connectivity index (χ4v) is 3.45. The van der Waals surface area contributed by atoms with E-state index in [1.165, 1.54) is 0 Å². The van der Waals surface area contributed by atoms with Crippen LogP contribution in [0.4, 0.5) is 5.69 Å². The van der Waals surface area contributed by atoms with E-state index in [0.29, 0.717) is 53.5 Å². The first-order valence-electron chi connectivity index (χ1n) is 10.3. The number of benzene rings is 3. The number of carbonyl (C=O) groups is 1. The first-order valence-corrected chi connectivity index (χ1v) is 11.1. The maximum absolute atomic E-state index is 11.8. The van der Waals surface area contributed by atoms with Gasteiger partial charge in [-0.2, -0.15) is 0 Å². The Bertz CT molecular complexity index is 1050. The van der Waals surface area contributed by atoms with Crippen molar-refractivity contribution in [1.82, 2.24) is 0 Å². The molecule has 0 spiro atoms. The molecule has 0 heterocycles. The highest BCUT2D eigenvalue weighted by atomic mass is 35.5. The summed E-state index contributed by atoms with van der Waals surface area (Å²) < 4.78 is 16.7. The molecule has 3 aromatic carbocycles. The largest absolute Gasteiger partial charge is 0.490 e. The molecular weight excluding hydrogens is 449 g/mol. The van der Waals surface area contributed by atoms with E-state index in [1.54, 1.807) is 25.1 Å². The third-order valence-electron chi connectivity index (χ3n) is 4.57. The Kier molecular flexibility index (Phi) is 8.65. The highest BCUT2D eigenvalue weighted by molar-refractivity contribution is 6.31. The van der Waals surface area contributed by atoms with Crippen LogP contribution in [0.3, 0.4) is 0 Å². The van der Waals surface area contributed by atoms with Crippen LogP contribution < -0.4 is 14.8 Å². The number of esters is 1. The second-order valence-electron chi connectivity index (χ2n) is 6.89. The van der Waals surface area contributed by atoms with E-state index in [2.05, 4.69) is 5.32 Å². The number of anilines is 1. The summed E-state index contributed by atoms with van der Waals surface area (Å²) >= 11 is 12.6. The lowest BCUT2D eigenvalue weighted by Crippen LogP contribution is -2.06. The highest BCUT2D eigenvalue weighted by Crippen LogP contribution is 2.34. The summed E-state index contributed by atoms with van der Waals surface area (Å²) in [7, 11) is 0. The Balaban J connectivity index is 1.69. The molecule has 0 aliphatic carbocycles. The van der Waals surface area contributed by atoms with Crippen LogP contribution in [0, 0.1) is 0 Å². The quantitative estimate of drug-likeness (QED) is 0.329. The average Bonchev–Trinajstić information content (AvgIpc) is 2.79. The summed E-state index contributed by atoms with van der Waals surface area (Å²) in [5, 5.41) is 4.52. The van der Waals surface area contributed by atoms with Crippen molar-refractivity contribution >= 4 is 34.9 Å². The molecule has 0 amide bonds. The van der Waals surface area contributed by atoms with Crippen LogP contribution in [0.15, 0.2) is 60.7 Å². The van der Waals surface area contributed by atoms with Crippen molar-refractivity contribution < 1.29 is 19.0 Å². The van der Waals surface area contributed by atoms with E-state index in [4.69, 9.17) is 37.4 Å². The summed E-state index contributed by atoms with van der Waals surface area (Å²) in [6.45, 7) is 5.36. The van der Waals surface area contributed by atoms with Crippen LogP contribution in [0.5, 0.6) is 11.5 Å². The van der Waals surface area contributed by atoms with Gasteiger partial charge >= 0.3 is 5.97 Å². The summed E-state index contributed by atoms with van der Waals surface area (Å²) in [5.41, 5.74) is 3.18. The van der Waals surface area contributed by atoms with Gasteiger partial charge in [0.25, 0.3) is 0 Å². The molecule has 0 unspecified atom stereocenters. The van der Waals surface area contributed by atoms with E-state index in [-0.39, 0.29) is 5.97 Å². The molecule has 3 aromatic rings. The number of ether oxygens (including phenoxy) is 3. The Morgan fingerprint density at radius 1 is 0.906 bits per heavy atom. The van der Waals surface area contributed by atoms with Gasteiger partial charge in [-0.1, -0.05) is 35.3 Å². The van der Waals surface area contributed by atoms with Gasteiger partial charge in [0, 0.05) is 28.3 Å². The molecule has 0 aliphatic heterocycles. The maximum Gasteiger partial charge on any atom is 0.338 e. The zero-order valence-corrected chi connectivity index (χ0v) is 19.5. The van der Waals surface area contributed by atoms with Crippen LogP contribution in [-0.4, -0.2) is 19.2 Å². The van der Waals surface area contributed by atoms with Crippen LogP contribution in [0.25, 0.3) is 0 Å². The van der Waals surface area contributed by atoms with E-state index in [0.717, 1.165) is 16.8 Å². The second-order valence-corrected chi connectivity index (χ2v) is 7.74. The minimum atomic E-state index is -0.336. The lowest BCUT2D eigenvalue weighted by atomic mass is 10.1. The monoisotopic (exact) mass is 473 g/mol.